The van der Waals surface area contributed by atoms with Crippen LogP contribution in [0.4, 0.5) is 23.1 Å². The second-order valence-corrected chi connectivity index (χ2v) is 7.08. The number of para-hydroxylation sites is 1. The molecule has 0 spiro atoms. The third kappa shape index (κ3) is 4.31. The summed E-state index contributed by atoms with van der Waals surface area (Å²) in [6.45, 7) is 5.59. The molecule has 3 aromatic rings. The van der Waals surface area contributed by atoms with Gasteiger partial charge in [-0.05, 0) is 37.3 Å². The smallest absolute Gasteiger partial charge is 0.227 e. The van der Waals surface area contributed by atoms with Crippen LogP contribution in [0.5, 0.6) is 0 Å². The van der Waals surface area contributed by atoms with E-state index in [4.69, 9.17) is 16.6 Å². The lowest BCUT2D eigenvalue weighted by Crippen LogP contribution is -2.47. The number of aromatic nitrogens is 2. The summed E-state index contributed by atoms with van der Waals surface area (Å²) >= 11 is 6.13. The van der Waals surface area contributed by atoms with E-state index >= 15 is 0 Å². The minimum absolute atomic E-state index is 0.772. The first kappa shape index (κ1) is 17.6. The Labute approximate surface area is 164 Å². The minimum Gasteiger partial charge on any atom is -0.368 e. The standard InChI is InChI=1S/C21H22ClN5/c1-16-14-20(24-18-7-3-2-4-8-18)25-21(23-16)27-12-10-26(11-13-27)19-9-5-6-17(22)15-19/h2-9,14-15H,10-13H2,1H3,(H,23,24,25). The number of hydrogen-bond acceptors (Lipinski definition) is 5. The van der Waals surface area contributed by atoms with Crippen molar-refractivity contribution >= 4 is 34.7 Å². The Hall–Kier alpha value is -2.79. The van der Waals surface area contributed by atoms with Crippen LogP contribution in [0.2, 0.25) is 5.02 Å². The van der Waals surface area contributed by atoms with Crippen LogP contribution >= 0.6 is 11.6 Å². The monoisotopic (exact) mass is 379 g/mol. The molecule has 5 nitrogen and oxygen atoms in total. The fraction of sp³-hybridized carbons (Fsp3) is 0.238. The fourth-order valence-corrected chi connectivity index (χ4v) is 3.45. The molecular weight excluding hydrogens is 358 g/mol. The van der Waals surface area contributed by atoms with E-state index in [9.17, 15) is 0 Å². The van der Waals surface area contributed by atoms with Gasteiger partial charge in [0.2, 0.25) is 5.95 Å². The molecule has 138 valence electrons. The number of benzene rings is 2. The van der Waals surface area contributed by atoms with Crippen molar-refractivity contribution in [1.29, 1.82) is 0 Å². The zero-order valence-corrected chi connectivity index (χ0v) is 16.0. The van der Waals surface area contributed by atoms with Crippen molar-refractivity contribution in [3.8, 4) is 0 Å². The molecule has 0 radical (unpaired) electrons. The topological polar surface area (TPSA) is 44.3 Å². The van der Waals surface area contributed by atoms with E-state index in [0.717, 1.165) is 54.3 Å². The van der Waals surface area contributed by atoms with E-state index < -0.39 is 0 Å². The fourth-order valence-electron chi connectivity index (χ4n) is 3.27. The predicted octanol–water partition coefficient (Wildman–Crippen LogP) is 4.51. The number of rotatable bonds is 4. The molecular formula is C21H22ClN5. The summed E-state index contributed by atoms with van der Waals surface area (Å²) in [5.41, 5.74) is 3.14. The highest BCUT2D eigenvalue weighted by atomic mass is 35.5. The van der Waals surface area contributed by atoms with Gasteiger partial charge in [0.25, 0.3) is 0 Å². The van der Waals surface area contributed by atoms with Gasteiger partial charge >= 0.3 is 0 Å². The molecule has 1 fully saturated rings. The van der Waals surface area contributed by atoms with Crippen LogP contribution < -0.4 is 15.1 Å². The summed E-state index contributed by atoms with van der Waals surface area (Å²) in [6, 6.07) is 20.1. The highest BCUT2D eigenvalue weighted by Gasteiger charge is 2.20. The molecule has 1 aliphatic heterocycles. The van der Waals surface area contributed by atoms with Gasteiger partial charge in [0.05, 0.1) is 0 Å². The molecule has 2 aromatic carbocycles. The Bertz CT molecular complexity index is 907. The summed E-state index contributed by atoms with van der Waals surface area (Å²) in [5.74, 6) is 1.60. The minimum atomic E-state index is 0.772. The quantitative estimate of drug-likeness (QED) is 0.722. The van der Waals surface area contributed by atoms with Gasteiger partial charge in [-0.3, -0.25) is 0 Å². The summed E-state index contributed by atoms with van der Waals surface area (Å²) < 4.78 is 0. The number of anilines is 4. The molecule has 0 unspecified atom stereocenters. The molecule has 0 bridgehead atoms. The Balaban J connectivity index is 1.46. The van der Waals surface area contributed by atoms with Crippen molar-refractivity contribution < 1.29 is 0 Å². The van der Waals surface area contributed by atoms with Crippen molar-refractivity contribution in [2.45, 2.75) is 6.92 Å². The van der Waals surface area contributed by atoms with E-state index in [1.54, 1.807) is 0 Å². The second-order valence-electron chi connectivity index (χ2n) is 6.64. The van der Waals surface area contributed by atoms with Crippen molar-refractivity contribution in [3.05, 3.63) is 71.4 Å². The van der Waals surface area contributed by atoms with Crippen molar-refractivity contribution in [1.82, 2.24) is 9.97 Å². The maximum absolute atomic E-state index is 6.13. The second kappa shape index (κ2) is 7.84. The number of nitrogens with one attached hydrogen (secondary N) is 1. The molecule has 1 N–H and O–H groups in total. The first-order chi connectivity index (χ1) is 13.2. The van der Waals surface area contributed by atoms with Gasteiger partial charge in [-0.25, -0.2) is 4.98 Å². The van der Waals surface area contributed by atoms with Crippen LogP contribution in [0.1, 0.15) is 5.69 Å². The Morgan fingerprint density at radius 1 is 0.852 bits per heavy atom. The Morgan fingerprint density at radius 3 is 2.33 bits per heavy atom. The predicted molar refractivity (Wildman–Crippen MR) is 112 cm³/mol. The molecule has 0 aliphatic carbocycles. The van der Waals surface area contributed by atoms with Crippen LogP contribution in [-0.4, -0.2) is 36.1 Å². The van der Waals surface area contributed by atoms with Crippen LogP contribution in [0, 0.1) is 6.92 Å². The molecule has 27 heavy (non-hydrogen) atoms. The first-order valence-electron chi connectivity index (χ1n) is 9.10. The molecule has 0 atom stereocenters. The molecule has 2 heterocycles. The highest BCUT2D eigenvalue weighted by Crippen LogP contribution is 2.23. The van der Waals surface area contributed by atoms with Crippen LogP contribution in [0.25, 0.3) is 0 Å². The lowest BCUT2D eigenvalue weighted by Gasteiger charge is -2.36. The maximum Gasteiger partial charge on any atom is 0.227 e. The van der Waals surface area contributed by atoms with Gasteiger partial charge in [0.15, 0.2) is 0 Å². The summed E-state index contributed by atoms with van der Waals surface area (Å²) in [4.78, 5) is 14.0. The van der Waals surface area contributed by atoms with Gasteiger partial charge in [0.1, 0.15) is 5.82 Å². The van der Waals surface area contributed by atoms with E-state index in [1.807, 2.05) is 61.5 Å². The largest absolute Gasteiger partial charge is 0.368 e. The summed E-state index contributed by atoms with van der Waals surface area (Å²) in [6.07, 6.45) is 0. The van der Waals surface area contributed by atoms with Gasteiger partial charge in [-0.15, -0.1) is 0 Å². The molecule has 0 saturated carbocycles. The van der Waals surface area contributed by atoms with Crippen LogP contribution in [0.15, 0.2) is 60.7 Å². The summed E-state index contributed by atoms with van der Waals surface area (Å²) in [5, 5.41) is 4.13. The van der Waals surface area contributed by atoms with Gasteiger partial charge in [-0.2, -0.15) is 4.98 Å². The number of piperazine rings is 1. The Kier molecular flexibility index (Phi) is 5.12. The number of aryl methyl sites for hydroxylation is 1. The van der Waals surface area contributed by atoms with Gasteiger partial charge < -0.3 is 15.1 Å². The van der Waals surface area contributed by atoms with E-state index in [2.05, 4.69) is 26.2 Å². The third-order valence-corrected chi connectivity index (χ3v) is 4.86. The van der Waals surface area contributed by atoms with Crippen LogP contribution in [-0.2, 0) is 0 Å². The van der Waals surface area contributed by atoms with Gasteiger partial charge in [0, 0.05) is 54.3 Å². The van der Waals surface area contributed by atoms with Gasteiger partial charge in [-0.1, -0.05) is 35.9 Å². The number of hydrogen-bond donors (Lipinski definition) is 1. The molecule has 1 aromatic heterocycles. The highest BCUT2D eigenvalue weighted by molar-refractivity contribution is 6.30. The van der Waals surface area contributed by atoms with Crippen molar-refractivity contribution in [3.63, 3.8) is 0 Å². The zero-order valence-electron chi connectivity index (χ0n) is 15.3. The van der Waals surface area contributed by atoms with Crippen molar-refractivity contribution in [2.75, 3.05) is 41.3 Å². The molecule has 1 saturated heterocycles. The SMILES string of the molecule is Cc1cc(Nc2ccccc2)nc(N2CCN(c3cccc(Cl)c3)CC2)n1. The molecule has 0 amide bonds. The first-order valence-corrected chi connectivity index (χ1v) is 9.48. The van der Waals surface area contributed by atoms with E-state index in [-0.39, 0.29) is 0 Å². The maximum atomic E-state index is 6.13. The molecule has 1 aliphatic rings. The molecule has 4 rings (SSSR count). The van der Waals surface area contributed by atoms with E-state index in [0.29, 0.717) is 0 Å². The Morgan fingerprint density at radius 2 is 1.59 bits per heavy atom. The third-order valence-electron chi connectivity index (χ3n) is 4.62. The lowest BCUT2D eigenvalue weighted by atomic mass is 10.2. The summed E-state index contributed by atoms with van der Waals surface area (Å²) in [7, 11) is 0. The number of halogens is 1. The van der Waals surface area contributed by atoms with E-state index in [1.165, 1.54) is 5.69 Å². The zero-order chi connectivity index (χ0) is 18.6. The normalized spacial score (nSPS) is 14.3. The average Bonchev–Trinajstić information content (AvgIpc) is 2.68. The van der Waals surface area contributed by atoms with Crippen molar-refractivity contribution in [2.24, 2.45) is 0 Å². The average molecular weight is 380 g/mol. The van der Waals surface area contributed by atoms with Crippen LogP contribution in [0.3, 0.4) is 0 Å². The lowest BCUT2D eigenvalue weighted by molar-refractivity contribution is 0.639. The number of nitrogens with zero attached hydrogens (tertiary/aromatic N) is 4. The molecule has 6 heteroatoms.